The summed E-state index contributed by atoms with van der Waals surface area (Å²) in [6, 6.07) is 47.1. The molecule has 8 aromatic rings. The van der Waals surface area contributed by atoms with Gasteiger partial charge in [0.1, 0.15) is 0 Å². The first kappa shape index (κ1) is 36.7. The molecular weight excluding hydrogens is 833 g/mol. The molecular formula is C48H44GeN4S4. The molecule has 4 nitrogen and oxygen atoms in total. The van der Waals surface area contributed by atoms with Gasteiger partial charge in [-0.2, -0.15) is 0 Å². The van der Waals surface area contributed by atoms with Crippen LogP contribution in [0.25, 0.3) is 61.3 Å². The van der Waals surface area contributed by atoms with Crippen LogP contribution in [0.5, 0.6) is 0 Å². The van der Waals surface area contributed by atoms with E-state index in [0.717, 1.165) is 0 Å². The summed E-state index contributed by atoms with van der Waals surface area (Å²) in [6.07, 6.45) is 0. The van der Waals surface area contributed by atoms with Crippen molar-refractivity contribution in [1.82, 2.24) is 0 Å². The Bertz CT molecular complexity index is 2390. The molecule has 0 atom stereocenters. The molecule has 0 amide bonds. The third kappa shape index (κ3) is 5.78. The van der Waals surface area contributed by atoms with E-state index in [9.17, 15) is 0 Å². The van der Waals surface area contributed by atoms with Crippen molar-refractivity contribution in [2.75, 3.05) is 76.0 Å². The van der Waals surface area contributed by atoms with E-state index in [-0.39, 0.29) is 0 Å². The van der Waals surface area contributed by atoms with Gasteiger partial charge >= 0.3 is 358 Å². The maximum atomic E-state index is 2.62. The molecule has 0 radical (unpaired) electrons. The van der Waals surface area contributed by atoms with Gasteiger partial charge < -0.3 is 0 Å². The minimum absolute atomic E-state index is 1.22. The van der Waals surface area contributed by atoms with E-state index < -0.39 is 13.3 Å². The van der Waals surface area contributed by atoms with E-state index in [2.05, 4.69) is 197 Å². The normalized spacial score (nSPS) is 13.1. The molecule has 6 heterocycles. The number of nitrogens with zero attached hydrogens (tertiary/aromatic N) is 4. The molecule has 4 aromatic carbocycles. The summed E-state index contributed by atoms with van der Waals surface area (Å²) in [6.45, 7) is 0. The average molecular weight is 878 g/mol. The van der Waals surface area contributed by atoms with Crippen molar-refractivity contribution in [1.29, 1.82) is 0 Å². The third-order valence-corrected chi connectivity index (χ3v) is 28.3. The number of thiophene rings is 4. The fraction of sp³-hybridized carbons (Fsp3) is 0.167. The van der Waals surface area contributed by atoms with Gasteiger partial charge in [-0.3, -0.25) is 0 Å². The molecule has 0 saturated heterocycles. The summed E-state index contributed by atoms with van der Waals surface area (Å²) in [7, 11) is 16.9. The van der Waals surface area contributed by atoms with Gasteiger partial charge in [-0.15, -0.1) is 0 Å². The maximum absolute atomic E-state index is 3.51. The molecule has 1 spiro atoms. The molecule has 2 aliphatic heterocycles. The van der Waals surface area contributed by atoms with Crippen LogP contribution in [0, 0.1) is 0 Å². The van der Waals surface area contributed by atoms with E-state index >= 15 is 0 Å². The SMILES string of the molecule is CN(C)c1ccc(-c2c[c]3c(s2)-c2sc(-c4ccc(N(C)C)cc4)c[c]2[Ge]32[c]3cc(-c4ccc(N(C)C)cc4)sc3-c3sc(-c4ccc(N(C)C)cc4)c[c]32)cc1. The second-order valence-corrected chi connectivity index (χ2v) is 27.8. The average Bonchev–Trinajstić information content (AvgIpc) is 4.06. The summed E-state index contributed by atoms with van der Waals surface area (Å²) < 4.78 is 6.45. The first-order chi connectivity index (χ1) is 27.5. The second-order valence-electron chi connectivity index (χ2n) is 15.9. The second kappa shape index (κ2) is 13.8. The number of anilines is 4. The molecule has 57 heavy (non-hydrogen) atoms. The molecule has 0 unspecified atom stereocenters. The van der Waals surface area contributed by atoms with E-state index in [4.69, 9.17) is 0 Å². The van der Waals surface area contributed by atoms with Gasteiger partial charge in [-0.1, -0.05) is 0 Å². The van der Waals surface area contributed by atoms with Gasteiger partial charge in [0.15, 0.2) is 0 Å². The van der Waals surface area contributed by atoms with Gasteiger partial charge in [0.25, 0.3) is 0 Å². The zero-order chi connectivity index (χ0) is 39.3. The zero-order valence-electron chi connectivity index (χ0n) is 33.5. The van der Waals surface area contributed by atoms with Crippen LogP contribution in [-0.4, -0.2) is 69.6 Å². The molecule has 0 bridgehead atoms. The van der Waals surface area contributed by atoms with Gasteiger partial charge in [0.05, 0.1) is 0 Å². The van der Waals surface area contributed by atoms with Crippen molar-refractivity contribution >= 4 is 98.9 Å². The van der Waals surface area contributed by atoms with Crippen LogP contribution in [-0.2, 0) is 0 Å². The number of hydrogen-bond acceptors (Lipinski definition) is 8. The van der Waals surface area contributed by atoms with E-state index in [1.54, 1.807) is 17.6 Å². The van der Waals surface area contributed by atoms with Crippen LogP contribution < -0.4 is 37.2 Å². The van der Waals surface area contributed by atoms with Gasteiger partial charge in [0, 0.05) is 0 Å². The summed E-state index contributed by atoms with van der Waals surface area (Å²) >= 11 is 4.52. The van der Waals surface area contributed by atoms with Crippen LogP contribution in [0.4, 0.5) is 22.7 Å². The van der Waals surface area contributed by atoms with Crippen LogP contribution in [0.1, 0.15) is 0 Å². The molecule has 0 fully saturated rings. The quantitative estimate of drug-likeness (QED) is 0.141. The first-order valence-electron chi connectivity index (χ1n) is 19.2. The predicted molar refractivity (Wildman–Crippen MR) is 259 cm³/mol. The van der Waals surface area contributed by atoms with Crippen LogP contribution in [0.2, 0.25) is 0 Å². The van der Waals surface area contributed by atoms with E-state index in [0.29, 0.717) is 0 Å². The molecule has 284 valence electrons. The van der Waals surface area contributed by atoms with Crippen molar-refractivity contribution < 1.29 is 0 Å². The molecule has 10 rings (SSSR count). The Morgan fingerprint density at radius 1 is 0.298 bits per heavy atom. The Labute approximate surface area is 354 Å². The molecule has 4 aromatic heterocycles. The standard InChI is InChI=1S/C48H44GeN4S4/c1-50(2)33-17-9-29(10-18-33)41-25-37-45(54-41)46-38(26-42(55-46)30-11-19-34(20-12-30)51(3)4)49(37)39-27-43(31-13-21-35(22-14-31)52(5)6)56-47(39)48-40(49)28-44(57-48)32-15-23-36(24-16-32)53(7)8/h9-28H,1-8H3. The van der Waals surface area contributed by atoms with Gasteiger partial charge in [-0.05, 0) is 0 Å². The Balaban J connectivity index is 1.22. The molecule has 2 aliphatic rings. The Kier molecular flexibility index (Phi) is 8.88. The van der Waals surface area contributed by atoms with Crippen molar-refractivity contribution in [3.05, 3.63) is 121 Å². The van der Waals surface area contributed by atoms with Crippen LogP contribution in [0.15, 0.2) is 121 Å². The number of rotatable bonds is 8. The summed E-state index contributed by atoms with van der Waals surface area (Å²) in [5.74, 6) is 0. The van der Waals surface area contributed by atoms with E-state index in [1.807, 2.05) is 45.3 Å². The summed E-state index contributed by atoms with van der Waals surface area (Å²) in [5.41, 5.74) is 10.1. The van der Waals surface area contributed by atoms with E-state index in [1.165, 1.54) is 84.0 Å². The minimum atomic E-state index is -3.51. The van der Waals surface area contributed by atoms with Crippen molar-refractivity contribution in [2.24, 2.45) is 0 Å². The van der Waals surface area contributed by atoms with Crippen LogP contribution >= 0.6 is 45.3 Å². The molecule has 0 saturated carbocycles. The van der Waals surface area contributed by atoms with Crippen molar-refractivity contribution in [3.63, 3.8) is 0 Å². The number of hydrogen-bond donors (Lipinski definition) is 0. The monoisotopic (exact) mass is 878 g/mol. The van der Waals surface area contributed by atoms with Crippen molar-refractivity contribution in [3.8, 4) is 61.3 Å². The van der Waals surface area contributed by atoms with Crippen LogP contribution in [0.3, 0.4) is 0 Å². The van der Waals surface area contributed by atoms with Gasteiger partial charge in [0.2, 0.25) is 0 Å². The zero-order valence-corrected chi connectivity index (χ0v) is 38.8. The summed E-state index contributed by atoms with van der Waals surface area (Å²) in [5, 5.41) is 0. The van der Waals surface area contributed by atoms with Crippen molar-refractivity contribution in [2.45, 2.75) is 0 Å². The number of benzene rings is 4. The summed E-state index contributed by atoms with van der Waals surface area (Å²) in [4.78, 5) is 20.1. The first-order valence-corrected chi connectivity index (χ1v) is 26.7. The fourth-order valence-corrected chi connectivity index (χ4v) is 29.8. The Morgan fingerprint density at radius 3 is 0.667 bits per heavy atom. The third-order valence-electron chi connectivity index (χ3n) is 11.6. The Morgan fingerprint density at radius 2 is 0.491 bits per heavy atom. The topological polar surface area (TPSA) is 13.0 Å². The fourth-order valence-electron chi connectivity index (χ4n) is 8.49. The molecule has 9 heteroatoms. The van der Waals surface area contributed by atoms with Gasteiger partial charge in [-0.25, -0.2) is 0 Å². The molecule has 0 aliphatic carbocycles. The Hall–Kier alpha value is -4.58. The number of fused-ring (bicyclic) bond motifs is 10. The predicted octanol–water partition coefficient (Wildman–Crippen LogP) is 10.2. The molecule has 0 N–H and O–H groups in total.